The maximum Gasteiger partial charge on any atom is 0.188 e. The van der Waals surface area contributed by atoms with E-state index in [0.717, 1.165) is 10.7 Å². The third-order valence-corrected chi connectivity index (χ3v) is 4.84. The van der Waals surface area contributed by atoms with Crippen molar-refractivity contribution < 1.29 is 4.79 Å². The van der Waals surface area contributed by atoms with Crippen molar-refractivity contribution in [2.75, 3.05) is 0 Å². The van der Waals surface area contributed by atoms with Crippen molar-refractivity contribution in [1.82, 2.24) is 14.8 Å². The van der Waals surface area contributed by atoms with Crippen molar-refractivity contribution in [1.29, 1.82) is 0 Å². The lowest BCUT2D eigenvalue weighted by Gasteiger charge is -2.21. The Morgan fingerprint density at radius 3 is 2.90 bits per heavy atom. The molecule has 1 aliphatic rings. The Morgan fingerprint density at radius 2 is 2.19 bits per heavy atom. The number of Topliss-reactive ketones (excluding diaryl/α,β-unsaturated/α-hetero) is 1. The van der Waals surface area contributed by atoms with Crippen LogP contribution in [0.1, 0.15) is 59.3 Å². The first-order valence-corrected chi connectivity index (χ1v) is 8.36. The van der Waals surface area contributed by atoms with Crippen molar-refractivity contribution in [2.45, 2.75) is 51.1 Å². The number of carbonyl (C=O) groups excluding carboxylic acids is 1. The lowest BCUT2D eigenvalue weighted by atomic mass is 9.96. The first-order chi connectivity index (χ1) is 10.3. The van der Waals surface area contributed by atoms with Crippen molar-refractivity contribution in [3.63, 3.8) is 0 Å². The van der Waals surface area contributed by atoms with E-state index in [4.69, 9.17) is 5.73 Å². The van der Waals surface area contributed by atoms with Crippen LogP contribution in [0.5, 0.6) is 0 Å². The van der Waals surface area contributed by atoms with Crippen molar-refractivity contribution in [3.8, 4) is 0 Å². The molecule has 1 aliphatic carbocycles. The van der Waals surface area contributed by atoms with E-state index in [0.29, 0.717) is 24.7 Å². The predicted octanol–water partition coefficient (Wildman–Crippen LogP) is 2.73. The van der Waals surface area contributed by atoms with E-state index in [1.54, 1.807) is 5.38 Å². The van der Waals surface area contributed by atoms with Crippen LogP contribution < -0.4 is 5.73 Å². The third kappa shape index (κ3) is 3.39. The maximum absolute atomic E-state index is 12.2. The quantitative estimate of drug-likeness (QED) is 0.862. The van der Waals surface area contributed by atoms with E-state index < -0.39 is 0 Å². The summed E-state index contributed by atoms with van der Waals surface area (Å²) in [5, 5.41) is 7.15. The van der Waals surface area contributed by atoms with Crippen LogP contribution in [0.2, 0.25) is 0 Å². The molecule has 2 aromatic heterocycles. The zero-order valence-corrected chi connectivity index (χ0v) is 12.8. The normalized spacial score (nSPS) is 16.2. The van der Waals surface area contributed by atoms with Gasteiger partial charge in [-0.25, -0.2) is 4.98 Å². The lowest BCUT2D eigenvalue weighted by Crippen LogP contribution is -2.14. The van der Waals surface area contributed by atoms with Crippen LogP contribution in [0.4, 0.5) is 0 Å². The molecule has 2 N–H and O–H groups in total. The second kappa shape index (κ2) is 6.49. The molecule has 21 heavy (non-hydrogen) atoms. The van der Waals surface area contributed by atoms with Crippen LogP contribution in [0.25, 0.3) is 0 Å². The van der Waals surface area contributed by atoms with Crippen LogP contribution in [0.15, 0.2) is 17.6 Å². The number of thiazole rings is 1. The van der Waals surface area contributed by atoms with Crippen molar-refractivity contribution in [3.05, 3.63) is 34.0 Å². The first kappa shape index (κ1) is 14.4. The summed E-state index contributed by atoms with van der Waals surface area (Å²) in [6.45, 7) is 0.383. The number of aromatic nitrogens is 3. The molecule has 0 unspecified atom stereocenters. The molecule has 0 amide bonds. The summed E-state index contributed by atoms with van der Waals surface area (Å²) in [6, 6.07) is 2.45. The smallest absolute Gasteiger partial charge is 0.188 e. The van der Waals surface area contributed by atoms with Crippen LogP contribution >= 0.6 is 11.3 Å². The summed E-state index contributed by atoms with van der Waals surface area (Å²) < 4.78 is 2.04. The van der Waals surface area contributed by atoms with E-state index in [1.807, 2.05) is 16.9 Å². The summed E-state index contributed by atoms with van der Waals surface area (Å²) in [5.41, 5.74) is 6.86. The first-order valence-electron chi connectivity index (χ1n) is 7.48. The number of carbonyl (C=O) groups is 1. The van der Waals surface area contributed by atoms with Gasteiger partial charge in [0.15, 0.2) is 5.78 Å². The topological polar surface area (TPSA) is 73.8 Å². The molecule has 112 valence electrons. The fourth-order valence-electron chi connectivity index (χ4n) is 2.81. The average Bonchev–Trinajstić information content (AvgIpc) is 3.17. The number of hydrogen-bond acceptors (Lipinski definition) is 5. The fraction of sp³-hybridized carbons (Fsp3) is 0.533. The highest BCUT2D eigenvalue weighted by atomic mass is 32.1. The molecule has 0 spiro atoms. The van der Waals surface area contributed by atoms with E-state index >= 15 is 0 Å². The van der Waals surface area contributed by atoms with E-state index in [-0.39, 0.29) is 5.78 Å². The molecular formula is C15H20N4OS. The van der Waals surface area contributed by atoms with Gasteiger partial charge < -0.3 is 5.73 Å². The van der Waals surface area contributed by atoms with Gasteiger partial charge in [0.1, 0.15) is 10.7 Å². The van der Waals surface area contributed by atoms with Gasteiger partial charge in [-0.3, -0.25) is 9.48 Å². The van der Waals surface area contributed by atoms with Gasteiger partial charge in [0, 0.05) is 18.1 Å². The molecule has 2 heterocycles. The summed E-state index contributed by atoms with van der Waals surface area (Å²) >= 11 is 1.43. The van der Waals surface area contributed by atoms with Gasteiger partial charge in [-0.2, -0.15) is 5.10 Å². The minimum absolute atomic E-state index is 0.0137. The van der Waals surface area contributed by atoms with Crippen LogP contribution in [0, 0.1) is 0 Å². The number of ketones is 1. The zero-order valence-electron chi connectivity index (χ0n) is 12.0. The average molecular weight is 304 g/mol. The lowest BCUT2D eigenvalue weighted by molar-refractivity contribution is 0.0987. The van der Waals surface area contributed by atoms with Crippen LogP contribution in [-0.2, 0) is 13.0 Å². The fourth-order valence-corrected chi connectivity index (χ4v) is 3.49. The Bertz CT molecular complexity index is 613. The van der Waals surface area contributed by atoms with Gasteiger partial charge in [-0.05, 0) is 18.9 Å². The molecule has 0 aromatic carbocycles. The summed E-state index contributed by atoms with van der Waals surface area (Å²) in [5.74, 6) is 0.0137. The molecular weight excluding hydrogens is 284 g/mol. The molecule has 3 rings (SSSR count). The van der Waals surface area contributed by atoms with Gasteiger partial charge in [0.05, 0.1) is 18.2 Å². The molecule has 0 aliphatic heterocycles. The van der Waals surface area contributed by atoms with Crippen LogP contribution in [0.3, 0.4) is 0 Å². The van der Waals surface area contributed by atoms with Crippen LogP contribution in [-0.4, -0.2) is 20.5 Å². The number of rotatable bonds is 5. The molecule has 1 fully saturated rings. The Kier molecular flexibility index (Phi) is 4.45. The van der Waals surface area contributed by atoms with Crippen molar-refractivity contribution >= 4 is 17.1 Å². The monoisotopic (exact) mass is 304 g/mol. The molecule has 5 nitrogen and oxygen atoms in total. The van der Waals surface area contributed by atoms with Gasteiger partial charge in [0.25, 0.3) is 0 Å². The van der Waals surface area contributed by atoms with E-state index in [2.05, 4.69) is 10.1 Å². The molecule has 0 saturated heterocycles. The van der Waals surface area contributed by atoms with E-state index in [9.17, 15) is 4.79 Å². The molecule has 6 heteroatoms. The zero-order chi connectivity index (χ0) is 14.7. The second-order valence-corrected chi connectivity index (χ2v) is 6.45. The minimum atomic E-state index is 0.0137. The standard InChI is InChI=1S/C15H20N4OS/c16-9-15-17-13(10-21-15)14(20)8-11-6-7-19(18-11)12-4-2-1-3-5-12/h6-7,10,12H,1-5,8-9,16H2. The number of nitrogens with zero attached hydrogens (tertiary/aromatic N) is 3. The summed E-state index contributed by atoms with van der Waals surface area (Å²) in [7, 11) is 0. The molecule has 2 aromatic rings. The Balaban J connectivity index is 1.64. The van der Waals surface area contributed by atoms with Gasteiger partial charge in [-0.15, -0.1) is 11.3 Å². The number of nitrogens with two attached hydrogens (primary N) is 1. The second-order valence-electron chi connectivity index (χ2n) is 5.51. The van der Waals surface area contributed by atoms with Gasteiger partial charge >= 0.3 is 0 Å². The SMILES string of the molecule is NCc1nc(C(=O)Cc2ccn(C3CCCCC3)n2)cs1. The molecule has 0 atom stereocenters. The van der Waals surface area contributed by atoms with E-state index in [1.165, 1.54) is 43.4 Å². The number of hydrogen-bond donors (Lipinski definition) is 1. The van der Waals surface area contributed by atoms with Crippen molar-refractivity contribution in [2.24, 2.45) is 5.73 Å². The van der Waals surface area contributed by atoms with Gasteiger partial charge in [-0.1, -0.05) is 19.3 Å². The highest BCUT2D eigenvalue weighted by Crippen LogP contribution is 2.27. The predicted molar refractivity (Wildman–Crippen MR) is 82.4 cm³/mol. The minimum Gasteiger partial charge on any atom is -0.325 e. The molecule has 0 bridgehead atoms. The summed E-state index contributed by atoms with van der Waals surface area (Å²) in [4.78, 5) is 16.4. The van der Waals surface area contributed by atoms with Gasteiger partial charge in [0.2, 0.25) is 0 Å². The molecule has 0 radical (unpaired) electrons. The highest BCUT2D eigenvalue weighted by molar-refractivity contribution is 7.09. The Hall–Kier alpha value is -1.53. The molecule has 1 saturated carbocycles. The Morgan fingerprint density at radius 1 is 1.38 bits per heavy atom. The third-order valence-electron chi connectivity index (χ3n) is 3.97. The maximum atomic E-state index is 12.2. The Labute approximate surface area is 128 Å². The largest absolute Gasteiger partial charge is 0.325 e. The summed E-state index contributed by atoms with van der Waals surface area (Å²) in [6.07, 6.45) is 8.59. The highest BCUT2D eigenvalue weighted by Gasteiger charge is 2.17.